The van der Waals surface area contributed by atoms with Crippen molar-refractivity contribution in [3.05, 3.63) is 39.8 Å². The SMILES string of the molecule is CC1CC(S)=CC1C(C)(C)O.Cc1cc(C(C)C)c(NC(N)=O)c(C(C)C)c1. The molecular weight excluding hydrogens is 368 g/mol. The lowest BCUT2D eigenvalue weighted by atomic mass is 9.84. The number of allylic oxidation sites excluding steroid dienone is 1. The number of nitrogens with two attached hydrogens (primary N) is 1. The molecule has 0 heterocycles. The number of primary amides is 1. The molecule has 2 rings (SSSR count). The minimum atomic E-state index is -0.593. The van der Waals surface area contributed by atoms with E-state index in [1.807, 2.05) is 13.8 Å². The molecule has 0 bridgehead atoms. The third kappa shape index (κ3) is 6.85. The summed E-state index contributed by atoms with van der Waals surface area (Å²) in [5.74, 6) is 1.51. The standard InChI is InChI=1S/C14H22N2O.C9H16OS/c1-8(2)11-6-10(5)7-12(9(3)4)13(11)16-14(15)17;1-6-4-7(11)5-8(6)9(2,3)10/h6-9H,1-5H3,(H3,15,16,17);5-6,8,10-11H,4H2,1-3H3. The summed E-state index contributed by atoms with van der Waals surface area (Å²) in [6.45, 7) is 16.4. The van der Waals surface area contributed by atoms with E-state index in [0.717, 1.165) is 28.1 Å². The van der Waals surface area contributed by atoms with Crippen LogP contribution in [-0.4, -0.2) is 16.7 Å². The summed E-state index contributed by atoms with van der Waals surface area (Å²) in [7, 11) is 0. The van der Waals surface area contributed by atoms with Crippen molar-refractivity contribution in [3.8, 4) is 0 Å². The van der Waals surface area contributed by atoms with Crippen LogP contribution < -0.4 is 11.1 Å². The smallest absolute Gasteiger partial charge is 0.316 e. The largest absolute Gasteiger partial charge is 0.390 e. The van der Waals surface area contributed by atoms with Crippen LogP contribution in [0.3, 0.4) is 0 Å². The highest BCUT2D eigenvalue weighted by molar-refractivity contribution is 7.84. The molecular formula is C23H38N2O2S. The molecule has 2 amide bonds. The van der Waals surface area contributed by atoms with E-state index >= 15 is 0 Å². The van der Waals surface area contributed by atoms with Crippen molar-refractivity contribution in [2.24, 2.45) is 17.6 Å². The molecule has 0 aromatic heterocycles. The Morgan fingerprint density at radius 3 is 1.93 bits per heavy atom. The van der Waals surface area contributed by atoms with E-state index in [1.165, 1.54) is 5.56 Å². The topological polar surface area (TPSA) is 75.3 Å². The van der Waals surface area contributed by atoms with E-state index < -0.39 is 11.6 Å². The maximum Gasteiger partial charge on any atom is 0.316 e. The number of carbonyl (C=O) groups excluding carboxylic acids is 1. The van der Waals surface area contributed by atoms with Crippen LogP contribution in [-0.2, 0) is 0 Å². The zero-order chi connectivity index (χ0) is 21.8. The molecule has 5 heteroatoms. The lowest BCUT2D eigenvalue weighted by Gasteiger charge is -2.27. The van der Waals surface area contributed by atoms with Gasteiger partial charge in [-0.15, -0.1) is 12.6 Å². The quantitative estimate of drug-likeness (QED) is 0.466. The zero-order valence-electron chi connectivity index (χ0n) is 18.6. The third-order valence-corrected chi connectivity index (χ3v) is 5.50. The molecule has 4 nitrogen and oxygen atoms in total. The first-order valence-electron chi connectivity index (χ1n) is 10.1. The van der Waals surface area contributed by atoms with Crippen molar-refractivity contribution in [1.29, 1.82) is 0 Å². The Morgan fingerprint density at radius 2 is 1.68 bits per heavy atom. The normalized spacial score (nSPS) is 19.4. The van der Waals surface area contributed by atoms with Gasteiger partial charge in [0.1, 0.15) is 0 Å². The van der Waals surface area contributed by atoms with Crippen molar-refractivity contribution >= 4 is 24.3 Å². The highest BCUT2D eigenvalue weighted by Crippen LogP contribution is 2.38. The number of aliphatic hydroxyl groups is 1. The van der Waals surface area contributed by atoms with Crippen LogP contribution >= 0.6 is 12.6 Å². The van der Waals surface area contributed by atoms with Gasteiger partial charge in [0.2, 0.25) is 0 Å². The lowest BCUT2D eigenvalue weighted by Crippen LogP contribution is -2.31. The van der Waals surface area contributed by atoms with Gasteiger partial charge in [-0.3, -0.25) is 0 Å². The molecule has 0 fully saturated rings. The summed E-state index contributed by atoms with van der Waals surface area (Å²) < 4.78 is 0. The van der Waals surface area contributed by atoms with E-state index in [1.54, 1.807) is 0 Å². The van der Waals surface area contributed by atoms with Crippen LogP contribution in [0.15, 0.2) is 23.1 Å². The number of hydrogen-bond donors (Lipinski definition) is 4. The van der Waals surface area contributed by atoms with Crippen LogP contribution in [0, 0.1) is 18.8 Å². The fourth-order valence-corrected chi connectivity index (χ4v) is 4.27. The second-order valence-electron chi connectivity index (χ2n) is 9.14. The Labute approximate surface area is 176 Å². The van der Waals surface area contributed by atoms with Gasteiger partial charge < -0.3 is 16.2 Å². The summed E-state index contributed by atoms with van der Waals surface area (Å²) in [5.41, 5.74) is 9.05. The number of amides is 2. The lowest BCUT2D eigenvalue weighted by molar-refractivity contribution is 0.0204. The van der Waals surface area contributed by atoms with E-state index in [4.69, 9.17) is 5.73 Å². The van der Waals surface area contributed by atoms with Gasteiger partial charge in [0.05, 0.1) is 5.60 Å². The van der Waals surface area contributed by atoms with Crippen molar-refractivity contribution in [3.63, 3.8) is 0 Å². The molecule has 0 saturated heterocycles. The molecule has 1 aliphatic rings. The second-order valence-corrected chi connectivity index (χ2v) is 9.71. The first-order valence-corrected chi connectivity index (χ1v) is 10.5. The van der Waals surface area contributed by atoms with Gasteiger partial charge >= 0.3 is 6.03 Å². The van der Waals surface area contributed by atoms with Crippen LogP contribution in [0.2, 0.25) is 0 Å². The number of nitrogens with one attached hydrogen (secondary N) is 1. The number of aryl methyl sites for hydroxylation is 1. The molecule has 1 aliphatic carbocycles. The fraction of sp³-hybridized carbons (Fsp3) is 0.609. The number of benzene rings is 1. The zero-order valence-corrected chi connectivity index (χ0v) is 19.5. The summed E-state index contributed by atoms with van der Waals surface area (Å²) in [6.07, 6.45) is 3.09. The Balaban J connectivity index is 0.000000307. The van der Waals surface area contributed by atoms with Crippen molar-refractivity contribution in [2.75, 3.05) is 5.32 Å². The van der Waals surface area contributed by atoms with Gasteiger partial charge in [0.25, 0.3) is 0 Å². The minimum Gasteiger partial charge on any atom is -0.390 e. The van der Waals surface area contributed by atoms with Gasteiger partial charge in [-0.25, -0.2) is 4.79 Å². The molecule has 0 radical (unpaired) electrons. The monoisotopic (exact) mass is 406 g/mol. The number of rotatable bonds is 4. The Morgan fingerprint density at radius 1 is 1.21 bits per heavy atom. The Kier molecular flexibility index (Phi) is 8.64. The second kappa shape index (κ2) is 9.84. The average Bonchev–Trinajstić information content (AvgIpc) is 2.87. The minimum absolute atomic E-state index is 0.273. The van der Waals surface area contributed by atoms with E-state index in [0.29, 0.717) is 17.8 Å². The maximum absolute atomic E-state index is 11.1. The molecule has 158 valence electrons. The van der Waals surface area contributed by atoms with Crippen LogP contribution in [0.1, 0.15) is 83.4 Å². The third-order valence-electron chi connectivity index (χ3n) is 5.17. The molecule has 28 heavy (non-hydrogen) atoms. The van der Waals surface area contributed by atoms with E-state index in [2.05, 4.69) is 77.7 Å². The number of anilines is 1. The number of urea groups is 1. The maximum atomic E-state index is 11.1. The fourth-order valence-electron chi connectivity index (χ4n) is 3.82. The molecule has 4 N–H and O–H groups in total. The Bertz CT molecular complexity index is 689. The van der Waals surface area contributed by atoms with Gasteiger partial charge in [-0.2, -0.15) is 0 Å². The van der Waals surface area contributed by atoms with Crippen LogP contribution in [0.4, 0.5) is 10.5 Å². The summed E-state index contributed by atoms with van der Waals surface area (Å²) in [4.78, 5) is 12.2. The molecule has 1 aromatic carbocycles. The predicted molar refractivity (Wildman–Crippen MR) is 123 cm³/mol. The molecule has 0 spiro atoms. The highest BCUT2D eigenvalue weighted by Gasteiger charge is 2.33. The molecule has 1 aromatic rings. The predicted octanol–water partition coefficient (Wildman–Crippen LogP) is 5.96. The van der Waals surface area contributed by atoms with Gasteiger partial charge in [0, 0.05) is 11.6 Å². The summed E-state index contributed by atoms with van der Waals surface area (Å²) >= 11 is 4.29. The van der Waals surface area contributed by atoms with Gasteiger partial charge in [-0.1, -0.05) is 58.4 Å². The first kappa shape index (κ1) is 24.6. The molecule has 0 saturated carbocycles. The van der Waals surface area contributed by atoms with Crippen LogP contribution in [0.5, 0.6) is 0 Å². The van der Waals surface area contributed by atoms with E-state index in [9.17, 15) is 9.90 Å². The summed E-state index contributed by atoms with van der Waals surface area (Å²) in [6, 6.07) is 3.72. The Hall–Kier alpha value is -1.46. The van der Waals surface area contributed by atoms with E-state index in [-0.39, 0.29) is 5.92 Å². The van der Waals surface area contributed by atoms with Crippen LogP contribution in [0.25, 0.3) is 0 Å². The van der Waals surface area contributed by atoms with Crippen molar-refractivity contribution < 1.29 is 9.90 Å². The molecule has 2 atom stereocenters. The van der Waals surface area contributed by atoms with Crippen molar-refractivity contribution in [1.82, 2.24) is 0 Å². The molecule has 2 unspecified atom stereocenters. The van der Waals surface area contributed by atoms with Crippen molar-refractivity contribution in [2.45, 2.75) is 79.2 Å². The van der Waals surface area contributed by atoms with Gasteiger partial charge in [0.15, 0.2) is 0 Å². The molecule has 0 aliphatic heterocycles. The number of carbonyl (C=O) groups is 1. The number of hydrogen-bond acceptors (Lipinski definition) is 3. The number of thiol groups is 1. The average molecular weight is 407 g/mol. The first-order chi connectivity index (χ1) is 12.7. The van der Waals surface area contributed by atoms with Gasteiger partial charge in [-0.05, 0) is 61.0 Å². The highest BCUT2D eigenvalue weighted by atomic mass is 32.1. The summed E-state index contributed by atoms with van der Waals surface area (Å²) in [5, 5.41) is 12.5.